The number of pyridine rings is 1. The predicted molar refractivity (Wildman–Crippen MR) is 147 cm³/mol. The van der Waals surface area contributed by atoms with Crippen LogP contribution >= 0.6 is 0 Å². The van der Waals surface area contributed by atoms with Gasteiger partial charge in [0.2, 0.25) is 5.78 Å². The molecular weight excluding hydrogens is 490 g/mol. The molecule has 1 atom stereocenters. The van der Waals surface area contributed by atoms with E-state index in [-0.39, 0.29) is 30.5 Å². The van der Waals surface area contributed by atoms with Crippen molar-refractivity contribution in [1.82, 2.24) is 4.98 Å². The first-order chi connectivity index (χ1) is 19.0. The molecule has 3 aromatic carbocycles. The van der Waals surface area contributed by atoms with Crippen LogP contribution in [0.15, 0.2) is 90.8 Å². The molecule has 0 saturated heterocycles. The van der Waals surface area contributed by atoms with E-state index in [1.807, 2.05) is 54.6 Å². The van der Waals surface area contributed by atoms with Gasteiger partial charge in [0.05, 0.1) is 17.7 Å². The number of esters is 1. The Bertz CT molecular complexity index is 1590. The zero-order valence-corrected chi connectivity index (χ0v) is 21.7. The summed E-state index contributed by atoms with van der Waals surface area (Å²) in [6, 6.07) is 24.7. The molecule has 2 aliphatic heterocycles. The zero-order valence-electron chi connectivity index (χ0n) is 21.7. The monoisotopic (exact) mass is 517 g/mol. The van der Waals surface area contributed by atoms with Gasteiger partial charge < -0.3 is 14.2 Å². The fourth-order valence-electron chi connectivity index (χ4n) is 5.04. The third-order valence-electron chi connectivity index (χ3n) is 7.08. The molecule has 0 bridgehead atoms. The fraction of sp³-hybridized carbons (Fsp3) is 0.182. The SMILES string of the molecule is CC(C)c1ccc(C=C2Oc3c(ccc4c3C(c3ccccc3OCc3ccccn3)CC(=O)O4)C2=O)cc1. The Labute approximate surface area is 226 Å². The number of hydrogen-bond donors (Lipinski definition) is 0. The van der Waals surface area contributed by atoms with Crippen LogP contribution in [0.3, 0.4) is 0 Å². The minimum absolute atomic E-state index is 0.0979. The van der Waals surface area contributed by atoms with Gasteiger partial charge in [-0.1, -0.05) is 62.4 Å². The highest BCUT2D eigenvalue weighted by Crippen LogP contribution is 2.50. The number of allylic oxidation sites excluding steroid dienone is 1. The Morgan fingerprint density at radius 3 is 2.51 bits per heavy atom. The summed E-state index contributed by atoms with van der Waals surface area (Å²) in [5, 5.41) is 0. The highest BCUT2D eigenvalue weighted by molar-refractivity contribution is 6.15. The van der Waals surface area contributed by atoms with Crippen LogP contribution in [0.1, 0.15) is 70.4 Å². The van der Waals surface area contributed by atoms with E-state index in [0.717, 1.165) is 16.8 Å². The van der Waals surface area contributed by atoms with E-state index in [0.29, 0.717) is 34.3 Å². The molecule has 0 aliphatic carbocycles. The number of ether oxygens (including phenoxy) is 3. The second-order valence-corrected chi connectivity index (χ2v) is 9.99. The van der Waals surface area contributed by atoms with Crippen molar-refractivity contribution in [2.45, 2.75) is 38.7 Å². The summed E-state index contributed by atoms with van der Waals surface area (Å²) >= 11 is 0. The van der Waals surface area contributed by atoms with Crippen LogP contribution in [0.4, 0.5) is 0 Å². The van der Waals surface area contributed by atoms with E-state index < -0.39 is 5.92 Å². The number of aromatic nitrogens is 1. The van der Waals surface area contributed by atoms with Gasteiger partial charge >= 0.3 is 5.97 Å². The van der Waals surface area contributed by atoms with Crippen molar-refractivity contribution in [3.8, 4) is 17.2 Å². The summed E-state index contributed by atoms with van der Waals surface area (Å²) in [6.45, 7) is 4.57. The predicted octanol–water partition coefficient (Wildman–Crippen LogP) is 6.84. The number of Topliss-reactive ketones (excluding diaryl/α,β-unsaturated/α-hetero) is 1. The molecule has 0 amide bonds. The third kappa shape index (κ3) is 4.81. The number of nitrogens with zero attached hydrogens (tertiary/aromatic N) is 1. The summed E-state index contributed by atoms with van der Waals surface area (Å²) in [4.78, 5) is 30.3. The van der Waals surface area contributed by atoms with Gasteiger partial charge in [0, 0.05) is 23.2 Å². The number of fused-ring (bicyclic) bond motifs is 3. The van der Waals surface area contributed by atoms with Gasteiger partial charge in [-0.15, -0.1) is 0 Å². The lowest BCUT2D eigenvalue weighted by Gasteiger charge is -2.27. The lowest BCUT2D eigenvalue weighted by Crippen LogP contribution is -2.22. The Kier molecular flexibility index (Phi) is 6.45. The van der Waals surface area contributed by atoms with Gasteiger partial charge in [0.1, 0.15) is 23.9 Å². The molecule has 0 spiro atoms. The summed E-state index contributed by atoms with van der Waals surface area (Å²) < 4.78 is 18.0. The van der Waals surface area contributed by atoms with Crippen LogP contribution in [0.2, 0.25) is 0 Å². The number of benzene rings is 3. The second kappa shape index (κ2) is 10.2. The average Bonchev–Trinajstić information content (AvgIpc) is 3.27. The zero-order chi connectivity index (χ0) is 26.9. The number of hydrogen-bond acceptors (Lipinski definition) is 6. The van der Waals surface area contributed by atoms with Gasteiger partial charge in [0.25, 0.3) is 0 Å². The second-order valence-electron chi connectivity index (χ2n) is 9.99. The first-order valence-electron chi connectivity index (χ1n) is 13.0. The Morgan fingerprint density at radius 1 is 0.949 bits per heavy atom. The smallest absolute Gasteiger partial charge is 0.312 e. The number of ketones is 1. The Hall–Kier alpha value is -4.71. The van der Waals surface area contributed by atoms with Gasteiger partial charge in [0.15, 0.2) is 5.76 Å². The summed E-state index contributed by atoms with van der Waals surface area (Å²) in [5.41, 5.74) is 4.84. The summed E-state index contributed by atoms with van der Waals surface area (Å²) in [6.07, 6.45) is 3.58. The molecule has 1 unspecified atom stereocenters. The molecule has 3 heterocycles. The Balaban J connectivity index is 1.36. The lowest BCUT2D eigenvalue weighted by atomic mass is 9.84. The van der Waals surface area contributed by atoms with Crippen molar-refractivity contribution >= 4 is 17.8 Å². The quantitative estimate of drug-likeness (QED) is 0.158. The topological polar surface area (TPSA) is 74.7 Å². The molecule has 6 nitrogen and oxygen atoms in total. The molecule has 0 radical (unpaired) electrons. The van der Waals surface area contributed by atoms with Crippen LogP contribution in [0.25, 0.3) is 6.08 Å². The molecule has 0 fully saturated rings. The molecule has 0 N–H and O–H groups in total. The number of carbonyl (C=O) groups excluding carboxylic acids is 2. The van der Waals surface area contributed by atoms with Crippen molar-refractivity contribution in [1.29, 1.82) is 0 Å². The van der Waals surface area contributed by atoms with Crippen molar-refractivity contribution in [2.24, 2.45) is 0 Å². The minimum atomic E-state index is -0.409. The molecule has 6 rings (SSSR count). The van der Waals surface area contributed by atoms with Crippen molar-refractivity contribution < 1.29 is 23.8 Å². The van der Waals surface area contributed by atoms with Crippen LogP contribution in [-0.4, -0.2) is 16.7 Å². The Morgan fingerprint density at radius 2 is 1.74 bits per heavy atom. The van der Waals surface area contributed by atoms with E-state index in [1.165, 1.54) is 5.56 Å². The molecule has 6 heteroatoms. The lowest BCUT2D eigenvalue weighted by molar-refractivity contribution is -0.135. The van der Waals surface area contributed by atoms with Gasteiger partial charge in [-0.3, -0.25) is 14.6 Å². The standard InChI is InChI=1S/C33H27NO5/c1-20(2)22-12-10-21(11-13-22)17-29-32(36)25-14-15-28-31(33(25)39-29)26(18-30(35)38-28)24-8-3-4-9-27(24)37-19-23-7-5-6-16-34-23/h3-17,20,26H,18-19H2,1-2H3. The highest BCUT2D eigenvalue weighted by atomic mass is 16.5. The summed E-state index contributed by atoms with van der Waals surface area (Å²) in [5.74, 6) is 1.16. The maximum Gasteiger partial charge on any atom is 0.312 e. The van der Waals surface area contributed by atoms with E-state index in [4.69, 9.17) is 14.2 Å². The first-order valence-corrected chi connectivity index (χ1v) is 13.0. The van der Waals surface area contributed by atoms with Crippen LogP contribution < -0.4 is 14.2 Å². The molecule has 194 valence electrons. The maximum atomic E-state index is 13.4. The van der Waals surface area contributed by atoms with E-state index in [1.54, 1.807) is 24.4 Å². The van der Waals surface area contributed by atoms with E-state index in [2.05, 4.69) is 31.0 Å². The summed E-state index contributed by atoms with van der Waals surface area (Å²) in [7, 11) is 0. The molecule has 1 aromatic heterocycles. The first kappa shape index (κ1) is 24.6. The molecule has 4 aromatic rings. The molecule has 2 aliphatic rings. The molecule has 39 heavy (non-hydrogen) atoms. The highest BCUT2D eigenvalue weighted by Gasteiger charge is 2.39. The van der Waals surface area contributed by atoms with Gasteiger partial charge in [-0.25, -0.2) is 0 Å². The van der Waals surface area contributed by atoms with E-state index >= 15 is 0 Å². The fourth-order valence-corrected chi connectivity index (χ4v) is 5.04. The largest absolute Gasteiger partial charge is 0.487 e. The minimum Gasteiger partial charge on any atom is -0.487 e. The molecule has 0 saturated carbocycles. The molecular formula is C33H27NO5. The maximum absolute atomic E-state index is 13.4. The van der Waals surface area contributed by atoms with Crippen LogP contribution in [0, 0.1) is 0 Å². The van der Waals surface area contributed by atoms with Gasteiger partial charge in [-0.2, -0.15) is 0 Å². The van der Waals surface area contributed by atoms with Crippen LogP contribution in [-0.2, 0) is 11.4 Å². The average molecular weight is 518 g/mol. The van der Waals surface area contributed by atoms with Crippen molar-refractivity contribution in [3.63, 3.8) is 0 Å². The number of rotatable bonds is 6. The van der Waals surface area contributed by atoms with Crippen molar-refractivity contribution in [2.75, 3.05) is 0 Å². The third-order valence-corrected chi connectivity index (χ3v) is 7.08. The van der Waals surface area contributed by atoms with Crippen LogP contribution in [0.5, 0.6) is 17.2 Å². The van der Waals surface area contributed by atoms with Crippen molar-refractivity contribution in [3.05, 3.63) is 124 Å². The van der Waals surface area contributed by atoms with Gasteiger partial charge in [-0.05, 0) is 53.5 Å². The van der Waals surface area contributed by atoms with E-state index in [9.17, 15) is 9.59 Å². The number of para-hydroxylation sites is 1. The normalized spacial score (nSPS) is 17.0. The number of carbonyl (C=O) groups is 2.